The highest BCUT2D eigenvalue weighted by Crippen LogP contribution is 2.32. The molecule has 1 aliphatic rings. The number of carbonyl (C=O) groups excluding carboxylic acids is 1. The normalized spacial score (nSPS) is 15.9. The molecule has 5 rings (SSSR count). The van der Waals surface area contributed by atoms with Crippen molar-refractivity contribution in [3.8, 4) is 22.6 Å². The molecule has 154 valence electrons. The standard InChI is InChI=1S/C23H19FN6O/c24-18-8-6-15(7-9-18)16-3-1-4-17(13-16)23(31)30-12-2-5-20(30)22-27-21(28-29-22)19-14-25-10-11-26-19/h1,3-4,6-11,13-14,20H,2,5,12H2,(H,27,28,29). The van der Waals surface area contributed by atoms with Gasteiger partial charge in [-0.3, -0.25) is 14.9 Å². The van der Waals surface area contributed by atoms with Crippen LogP contribution in [0.5, 0.6) is 0 Å². The molecule has 1 saturated heterocycles. The zero-order valence-electron chi connectivity index (χ0n) is 16.6. The predicted octanol–water partition coefficient (Wildman–Crippen LogP) is 4.05. The Bertz CT molecular complexity index is 1210. The van der Waals surface area contributed by atoms with Crippen LogP contribution in [0.1, 0.15) is 35.1 Å². The van der Waals surface area contributed by atoms with Gasteiger partial charge in [0.2, 0.25) is 5.82 Å². The lowest BCUT2D eigenvalue weighted by Crippen LogP contribution is -2.31. The molecule has 1 amide bonds. The fourth-order valence-corrected chi connectivity index (χ4v) is 3.89. The van der Waals surface area contributed by atoms with Crippen LogP contribution in [-0.2, 0) is 0 Å². The summed E-state index contributed by atoms with van der Waals surface area (Å²) in [6.45, 7) is 0.644. The van der Waals surface area contributed by atoms with Crippen molar-refractivity contribution in [3.63, 3.8) is 0 Å². The average Bonchev–Trinajstić information content (AvgIpc) is 3.49. The highest BCUT2D eigenvalue weighted by molar-refractivity contribution is 5.96. The smallest absolute Gasteiger partial charge is 0.254 e. The number of aromatic nitrogens is 5. The molecule has 1 aliphatic heterocycles. The molecular formula is C23H19FN6O. The second-order valence-corrected chi connectivity index (χ2v) is 7.38. The Labute approximate surface area is 178 Å². The second kappa shape index (κ2) is 8.06. The van der Waals surface area contributed by atoms with Gasteiger partial charge in [-0.25, -0.2) is 14.4 Å². The maximum Gasteiger partial charge on any atom is 0.254 e. The van der Waals surface area contributed by atoms with Crippen LogP contribution in [0.25, 0.3) is 22.6 Å². The predicted molar refractivity (Wildman–Crippen MR) is 112 cm³/mol. The number of likely N-dealkylation sites (tertiary alicyclic amines) is 1. The summed E-state index contributed by atoms with van der Waals surface area (Å²) >= 11 is 0. The number of hydrogen-bond acceptors (Lipinski definition) is 5. The lowest BCUT2D eigenvalue weighted by Gasteiger charge is -2.23. The number of H-pyrrole nitrogens is 1. The van der Waals surface area contributed by atoms with E-state index in [9.17, 15) is 9.18 Å². The lowest BCUT2D eigenvalue weighted by atomic mass is 10.0. The van der Waals surface area contributed by atoms with Gasteiger partial charge >= 0.3 is 0 Å². The van der Waals surface area contributed by atoms with Gasteiger partial charge in [-0.2, -0.15) is 5.10 Å². The molecule has 1 N–H and O–H groups in total. The van der Waals surface area contributed by atoms with Crippen LogP contribution in [0, 0.1) is 5.82 Å². The molecule has 8 heteroatoms. The summed E-state index contributed by atoms with van der Waals surface area (Å²) < 4.78 is 13.2. The van der Waals surface area contributed by atoms with E-state index in [0.717, 1.165) is 24.0 Å². The molecule has 0 saturated carbocycles. The molecule has 2 aromatic heterocycles. The van der Waals surface area contributed by atoms with Gasteiger partial charge in [0.05, 0.1) is 12.2 Å². The minimum absolute atomic E-state index is 0.0658. The Morgan fingerprint density at radius 1 is 1.10 bits per heavy atom. The molecule has 7 nitrogen and oxygen atoms in total. The van der Waals surface area contributed by atoms with E-state index in [1.165, 1.54) is 12.1 Å². The van der Waals surface area contributed by atoms with Crippen LogP contribution in [0.3, 0.4) is 0 Å². The van der Waals surface area contributed by atoms with Crippen molar-refractivity contribution < 1.29 is 9.18 Å². The summed E-state index contributed by atoms with van der Waals surface area (Å²) in [6, 6.07) is 13.5. The van der Waals surface area contributed by atoms with Crippen molar-refractivity contribution >= 4 is 5.91 Å². The van der Waals surface area contributed by atoms with Gasteiger partial charge in [-0.15, -0.1) is 0 Å². The fourth-order valence-electron chi connectivity index (χ4n) is 3.89. The molecule has 0 aliphatic carbocycles. The quantitative estimate of drug-likeness (QED) is 0.544. The van der Waals surface area contributed by atoms with E-state index in [2.05, 4.69) is 25.1 Å². The number of aromatic amines is 1. The van der Waals surface area contributed by atoms with E-state index in [1.807, 2.05) is 23.1 Å². The van der Waals surface area contributed by atoms with Crippen LogP contribution in [-0.4, -0.2) is 42.5 Å². The minimum atomic E-state index is -0.288. The Kier molecular flexibility index (Phi) is 4.95. The van der Waals surface area contributed by atoms with Crippen LogP contribution in [0.4, 0.5) is 4.39 Å². The van der Waals surface area contributed by atoms with Crippen molar-refractivity contribution in [2.24, 2.45) is 0 Å². The number of halogens is 1. The van der Waals surface area contributed by atoms with Crippen LogP contribution >= 0.6 is 0 Å². The number of nitrogens with zero attached hydrogens (tertiary/aromatic N) is 5. The summed E-state index contributed by atoms with van der Waals surface area (Å²) in [5.74, 6) is 0.745. The molecule has 0 spiro atoms. The summed E-state index contributed by atoms with van der Waals surface area (Å²) in [5.41, 5.74) is 2.89. The van der Waals surface area contributed by atoms with Crippen LogP contribution in [0.15, 0.2) is 67.1 Å². The van der Waals surface area contributed by atoms with Gasteiger partial charge in [0, 0.05) is 24.5 Å². The Hall–Kier alpha value is -3.94. The Morgan fingerprint density at radius 2 is 1.97 bits per heavy atom. The molecule has 0 radical (unpaired) electrons. The van der Waals surface area contributed by atoms with Crippen molar-refractivity contribution in [2.45, 2.75) is 18.9 Å². The molecule has 31 heavy (non-hydrogen) atoms. The first kappa shape index (κ1) is 19.0. The number of rotatable bonds is 4. The third kappa shape index (κ3) is 3.79. The molecule has 1 unspecified atom stereocenters. The highest BCUT2D eigenvalue weighted by atomic mass is 19.1. The molecule has 3 heterocycles. The second-order valence-electron chi connectivity index (χ2n) is 7.38. The first-order valence-electron chi connectivity index (χ1n) is 10.0. The summed E-state index contributed by atoms with van der Waals surface area (Å²) in [5, 5.41) is 7.22. The molecule has 2 aromatic carbocycles. The first-order chi connectivity index (χ1) is 15.2. The van der Waals surface area contributed by atoms with Crippen LogP contribution < -0.4 is 0 Å². The summed E-state index contributed by atoms with van der Waals surface area (Å²) in [4.78, 5) is 28.0. The van der Waals surface area contributed by atoms with Crippen molar-refractivity contribution in [3.05, 3.63) is 84.3 Å². The minimum Gasteiger partial charge on any atom is -0.328 e. The number of hydrogen-bond donors (Lipinski definition) is 1. The monoisotopic (exact) mass is 414 g/mol. The summed E-state index contributed by atoms with van der Waals surface area (Å²) in [6.07, 6.45) is 6.47. The zero-order valence-corrected chi connectivity index (χ0v) is 16.6. The van der Waals surface area contributed by atoms with Crippen molar-refractivity contribution in [1.29, 1.82) is 0 Å². The van der Waals surface area contributed by atoms with Gasteiger partial charge in [-0.05, 0) is 48.2 Å². The maximum absolute atomic E-state index is 13.3. The van der Waals surface area contributed by atoms with E-state index in [1.54, 1.807) is 36.8 Å². The van der Waals surface area contributed by atoms with Gasteiger partial charge in [0.15, 0.2) is 0 Å². The number of benzene rings is 2. The highest BCUT2D eigenvalue weighted by Gasteiger charge is 2.33. The van der Waals surface area contributed by atoms with E-state index < -0.39 is 0 Å². The van der Waals surface area contributed by atoms with Gasteiger partial charge in [0.1, 0.15) is 17.3 Å². The molecular weight excluding hydrogens is 395 g/mol. The first-order valence-corrected chi connectivity index (χ1v) is 10.0. The Balaban J connectivity index is 1.40. The van der Waals surface area contributed by atoms with Gasteiger partial charge in [0.25, 0.3) is 5.91 Å². The largest absolute Gasteiger partial charge is 0.328 e. The number of amides is 1. The van der Waals surface area contributed by atoms with Crippen LogP contribution in [0.2, 0.25) is 0 Å². The molecule has 4 aromatic rings. The molecule has 1 fully saturated rings. The average molecular weight is 414 g/mol. The molecule has 1 atom stereocenters. The SMILES string of the molecule is O=C(c1cccc(-c2ccc(F)cc2)c1)N1CCCC1c1nc(-c2cnccn2)n[nH]1. The lowest BCUT2D eigenvalue weighted by molar-refractivity contribution is 0.0730. The topological polar surface area (TPSA) is 87.7 Å². The third-order valence-electron chi connectivity index (χ3n) is 5.41. The fraction of sp³-hybridized carbons (Fsp3) is 0.174. The molecule has 0 bridgehead atoms. The summed E-state index contributed by atoms with van der Waals surface area (Å²) in [7, 11) is 0. The van der Waals surface area contributed by atoms with Gasteiger partial charge in [-0.1, -0.05) is 24.3 Å². The number of carbonyl (C=O) groups is 1. The van der Waals surface area contributed by atoms with Crippen molar-refractivity contribution in [1.82, 2.24) is 30.0 Å². The van der Waals surface area contributed by atoms with E-state index in [-0.39, 0.29) is 17.8 Å². The van der Waals surface area contributed by atoms with Crippen molar-refractivity contribution in [2.75, 3.05) is 6.54 Å². The number of nitrogens with one attached hydrogen (secondary N) is 1. The Morgan fingerprint density at radius 3 is 2.77 bits per heavy atom. The zero-order chi connectivity index (χ0) is 21.2. The third-order valence-corrected chi connectivity index (χ3v) is 5.41. The van der Waals surface area contributed by atoms with E-state index in [0.29, 0.717) is 29.5 Å². The van der Waals surface area contributed by atoms with Gasteiger partial charge < -0.3 is 4.90 Å². The van der Waals surface area contributed by atoms with E-state index in [4.69, 9.17) is 0 Å². The maximum atomic E-state index is 13.3. The van der Waals surface area contributed by atoms with E-state index >= 15 is 0 Å².